The first-order valence-corrected chi connectivity index (χ1v) is 8.02. The summed E-state index contributed by atoms with van der Waals surface area (Å²) in [7, 11) is -3.33. The summed E-state index contributed by atoms with van der Waals surface area (Å²) in [5.74, 6) is -0.604. The van der Waals surface area contributed by atoms with Gasteiger partial charge in [-0.3, -0.25) is 4.72 Å². The second-order valence-electron chi connectivity index (χ2n) is 5.13. The predicted molar refractivity (Wildman–Crippen MR) is 78.0 cm³/mol. The molecule has 0 atom stereocenters. The number of aryl methyl sites for hydroxylation is 1. The van der Waals surface area contributed by atoms with Gasteiger partial charge in [0.25, 0.3) is 0 Å². The molecule has 0 heterocycles. The van der Waals surface area contributed by atoms with Crippen LogP contribution in [-0.2, 0) is 14.8 Å². The van der Waals surface area contributed by atoms with Gasteiger partial charge < -0.3 is 5.11 Å². The molecule has 0 bridgehead atoms. The maximum atomic E-state index is 11.9. The number of hydrogen-bond donors (Lipinski definition) is 2. The summed E-state index contributed by atoms with van der Waals surface area (Å²) in [6.07, 6.45) is 4.41. The van der Waals surface area contributed by atoms with Gasteiger partial charge in [0.2, 0.25) is 10.0 Å². The van der Waals surface area contributed by atoms with E-state index in [9.17, 15) is 13.2 Å². The second-order valence-corrected chi connectivity index (χ2v) is 6.90. The monoisotopic (exact) mass is 295 g/mol. The molecule has 1 aliphatic carbocycles. The third-order valence-corrected chi connectivity index (χ3v) is 4.40. The Morgan fingerprint density at radius 1 is 1.40 bits per heavy atom. The number of carbonyl (C=O) groups is 1. The molecule has 0 spiro atoms. The fourth-order valence-corrected chi connectivity index (χ4v) is 3.47. The van der Waals surface area contributed by atoms with E-state index in [1.165, 1.54) is 6.08 Å². The fourth-order valence-electron chi connectivity index (χ4n) is 1.95. The summed E-state index contributed by atoms with van der Waals surface area (Å²) < 4.78 is 26.4. The first-order chi connectivity index (χ1) is 9.34. The van der Waals surface area contributed by atoms with Gasteiger partial charge in [0.15, 0.2) is 0 Å². The number of hydrogen-bond acceptors (Lipinski definition) is 3. The molecular formula is C14H17NO4S. The number of sulfonamides is 1. The molecule has 0 saturated heterocycles. The van der Waals surface area contributed by atoms with Gasteiger partial charge in [0.05, 0.1) is 5.75 Å². The van der Waals surface area contributed by atoms with Crippen LogP contribution in [0.5, 0.6) is 0 Å². The molecule has 0 aromatic heterocycles. The van der Waals surface area contributed by atoms with Gasteiger partial charge in [-0.15, -0.1) is 0 Å². The quantitative estimate of drug-likeness (QED) is 0.788. The van der Waals surface area contributed by atoms with Crippen molar-refractivity contribution in [3.63, 3.8) is 0 Å². The van der Waals surface area contributed by atoms with E-state index in [2.05, 4.69) is 4.72 Å². The van der Waals surface area contributed by atoms with Crippen LogP contribution in [0.25, 0.3) is 6.08 Å². The minimum absolute atomic E-state index is 0.154. The molecule has 0 amide bonds. The molecule has 1 aliphatic rings. The van der Waals surface area contributed by atoms with Crippen LogP contribution in [0.3, 0.4) is 0 Å². The lowest BCUT2D eigenvalue weighted by molar-refractivity contribution is -0.131. The highest BCUT2D eigenvalue weighted by Gasteiger charge is 2.27. The van der Waals surface area contributed by atoms with Crippen LogP contribution in [0.1, 0.15) is 24.0 Å². The Balaban J connectivity index is 2.16. The lowest BCUT2D eigenvalue weighted by Crippen LogP contribution is -2.17. The Morgan fingerprint density at radius 2 is 2.10 bits per heavy atom. The number of carboxylic acid groups (broad SMARTS) is 1. The first kappa shape index (κ1) is 14.6. The normalized spacial score (nSPS) is 15.4. The van der Waals surface area contributed by atoms with E-state index in [-0.39, 0.29) is 11.7 Å². The van der Waals surface area contributed by atoms with Crippen molar-refractivity contribution in [1.82, 2.24) is 0 Å². The van der Waals surface area contributed by atoms with Gasteiger partial charge in [-0.25, -0.2) is 13.2 Å². The van der Waals surface area contributed by atoms with Crippen LogP contribution < -0.4 is 4.72 Å². The molecular weight excluding hydrogens is 278 g/mol. The van der Waals surface area contributed by atoms with Crippen LogP contribution in [0.15, 0.2) is 24.3 Å². The van der Waals surface area contributed by atoms with E-state index in [0.29, 0.717) is 11.3 Å². The van der Waals surface area contributed by atoms with Crippen molar-refractivity contribution < 1.29 is 18.3 Å². The topological polar surface area (TPSA) is 83.5 Å². The maximum Gasteiger partial charge on any atom is 0.328 e. The van der Waals surface area contributed by atoms with Crippen molar-refractivity contribution in [3.8, 4) is 0 Å². The summed E-state index contributed by atoms with van der Waals surface area (Å²) in [4.78, 5) is 10.5. The molecule has 1 aromatic rings. The molecule has 1 saturated carbocycles. The summed E-state index contributed by atoms with van der Waals surface area (Å²) in [6.45, 7) is 1.83. The lowest BCUT2D eigenvalue weighted by atomic mass is 10.1. The van der Waals surface area contributed by atoms with Crippen molar-refractivity contribution >= 4 is 27.8 Å². The molecule has 0 unspecified atom stereocenters. The molecule has 20 heavy (non-hydrogen) atoms. The first-order valence-electron chi connectivity index (χ1n) is 6.37. The zero-order chi connectivity index (χ0) is 14.8. The van der Waals surface area contributed by atoms with Gasteiger partial charge >= 0.3 is 5.97 Å². The number of rotatable bonds is 6. The molecule has 1 fully saturated rings. The summed E-state index contributed by atoms with van der Waals surface area (Å²) >= 11 is 0. The van der Waals surface area contributed by atoms with Crippen molar-refractivity contribution in [2.45, 2.75) is 19.8 Å². The highest BCUT2D eigenvalue weighted by Crippen LogP contribution is 2.30. The second kappa shape index (κ2) is 5.66. The Morgan fingerprint density at radius 3 is 2.70 bits per heavy atom. The SMILES string of the molecule is Cc1cc(/C=C/C(=O)O)cc(NS(=O)(=O)CC2CC2)c1. The van der Waals surface area contributed by atoms with Gasteiger partial charge in [-0.05, 0) is 55.0 Å². The summed E-state index contributed by atoms with van der Waals surface area (Å²) in [5.41, 5.74) is 1.98. The Labute approximate surface area is 118 Å². The van der Waals surface area contributed by atoms with E-state index >= 15 is 0 Å². The van der Waals surface area contributed by atoms with Crippen LogP contribution in [0.2, 0.25) is 0 Å². The number of nitrogens with one attached hydrogen (secondary N) is 1. The number of benzene rings is 1. The van der Waals surface area contributed by atoms with Gasteiger partial charge in [-0.2, -0.15) is 0 Å². The highest BCUT2D eigenvalue weighted by atomic mass is 32.2. The van der Waals surface area contributed by atoms with E-state index in [1.54, 1.807) is 18.2 Å². The molecule has 5 nitrogen and oxygen atoms in total. The summed E-state index contributed by atoms with van der Waals surface area (Å²) in [6, 6.07) is 5.14. The van der Waals surface area contributed by atoms with Crippen LogP contribution >= 0.6 is 0 Å². The zero-order valence-corrected chi connectivity index (χ0v) is 12.0. The molecule has 108 valence electrons. The molecule has 0 aliphatic heterocycles. The minimum Gasteiger partial charge on any atom is -0.478 e. The average molecular weight is 295 g/mol. The van der Waals surface area contributed by atoms with Crippen molar-refractivity contribution in [1.29, 1.82) is 0 Å². The molecule has 2 N–H and O–H groups in total. The average Bonchev–Trinajstić information content (AvgIpc) is 3.07. The third kappa shape index (κ3) is 4.70. The van der Waals surface area contributed by atoms with Crippen molar-refractivity contribution in [2.24, 2.45) is 5.92 Å². The molecule has 2 rings (SSSR count). The zero-order valence-electron chi connectivity index (χ0n) is 11.2. The van der Waals surface area contributed by atoms with Gasteiger partial charge in [-0.1, -0.05) is 6.07 Å². The lowest BCUT2D eigenvalue weighted by Gasteiger charge is -2.09. The van der Waals surface area contributed by atoms with E-state index in [0.717, 1.165) is 24.5 Å². The molecule has 1 aromatic carbocycles. The highest BCUT2D eigenvalue weighted by molar-refractivity contribution is 7.92. The standard InChI is InChI=1S/C14H17NO4S/c1-10-6-12(4-5-14(16)17)8-13(7-10)15-20(18,19)9-11-2-3-11/h4-8,11,15H,2-3,9H2,1H3,(H,16,17)/b5-4+. The van der Waals surface area contributed by atoms with Gasteiger partial charge in [0.1, 0.15) is 0 Å². The fraction of sp³-hybridized carbons (Fsp3) is 0.357. The Bertz CT molecular complexity index is 645. The smallest absolute Gasteiger partial charge is 0.328 e. The minimum atomic E-state index is -3.33. The number of carboxylic acids is 1. The number of anilines is 1. The largest absolute Gasteiger partial charge is 0.478 e. The molecule has 0 radical (unpaired) electrons. The van der Waals surface area contributed by atoms with Gasteiger partial charge in [0, 0.05) is 11.8 Å². The van der Waals surface area contributed by atoms with E-state index in [1.807, 2.05) is 6.92 Å². The van der Waals surface area contributed by atoms with Crippen molar-refractivity contribution in [2.75, 3.05) is 10.5 Å². The predicted octanol–water partition coefficient (Wildman–Crippen LogP) is 2.24. The Kier molecular flexibility index (Phi) is 4.13. The number of aliphatic carboxylic acids is 1. The van der Waals surface area contributed by atoms with Crippen molar-refractivity contribution in [3.05, 3.63) is 35.4 Å². The van der Waals surface area contributed by atoms with Crippen LogP contribution in [-0.4, -0.2) is 25.2 Å². The van der Waals surface area contributed by atoms with Crippen LogP contribution in [0.4, 0.5) is 5.69 Å². The van der Waals surface area contributed by atoms with Crippen LogP contribution in [0, 0.1) is 12.8 Å². The molecule has 6 heteroatoms. The Hall–Kier alpha value is -1.82. The van der Waals surface area contributed by atoms with E-state index in [4.69, 9.17) is 5.11 Å². The maximum absolute atomic E-state index is 11.9. The summed E-state index contributed by atoms with van der Waals surface area (Å²) in [5, 5.41) is 8.61. The van der Waals surface area contributed by atoms with E-state index < -0.39 is 16.0 Å². The third-order valence-electron chi connectivity index (χ3n) is 2.94.